The van der Waals surface area contributed by atoms with Gasteiger partial charge in [-0.1, -0.05) is 6.92 Å². The van der Waals surface area contributed by atoms with E-state index in [1.807, 2.05) is 6.07 Å². The van der Waals surface area contributed by atoms with Crippen LogP contribution in [0, 0.1) is 6.92 Å². The first-order chi connectivity index (χ1) is 8.61. The molecule has 6 heteroatoms. The van der Waals surface area contributed by atoms with E-state index in [4.69, 9.17) is 0 Å². The lowest BCUT2D eigenvalue weighted by Crippen LogP contribution is -2.26. The van der Waals surface area contributed by atoms with Gasteiger partial charge in [0.1, 0.15) is 12.2 Å². The Morgan fingerprint density at radius 1 is 1.56 bits per heavy atom. The molecule has 0 radical (unpaired) electrons. The smallest absolute Gasteiger partial charge is 0.264 e. The fourth-order valence-electron chi connectivity index (χ4n) is 1.77. The molecule has 0 unspecified atom stereocenters. The Morgan fingerprint density at radius 2 is 2.33 bits per heavy atom. The molecular formula is C12H16N4OS. The molecule has 0 aromatic carbocycles. The Labute approximate surface area is 110 Å². The Balaban J connectivity index is 2.10. The van der Waals surface area contributed by atoms with E-state index in [1.54, 1.807) is 23.3 Å². The van der Waals surface area contributed by atoms with E-state index >= 15 is 0 Å². The molecule has 2 heterocycles. The first-order valence-electron chi connectivity index (χ1n) is 5.80. The minimum atomic E-state index is 0.0270. The lowest BCUT2D eigenvalue weighted by Gasteiger charge is -2.13. The van der Waals surface area contributed by atoms with Crippen LogP contribution in [-0.2, 0) is 13.0 Å². The van der Waals surface area contributed by atoms with Crippen molar-refractivity contribution in [1.82, 2.24) is 20.1 Å². The summed E-state index contributed by atoms with van der Waals surface area (Å²) in [5, 5.41) is 6.52. The molecule has 0 saturated heterocycles. The lowest BCUT2D eigenvalue weighted by atomic mass is 10.2. The number of nitrogens with zero attached hydrogens (tertiary/aromatic N) is 3. The molecular weight excluding hydrogens is 248 g/mol. The number of rotatable bonds is 4. The molecule has 0 atom stereocenters. The van der Waals surface area contributed by atoms with Crippen molar-refractivity contribution in [1.29, 1.82) is 0 Å². The van der Waals surface area contributed by atoms with Gasteiger partial charge < -0.3 is 4.90 Å². The van der Waals surface area contributed by atoms with Crippen LogP contribution in [-0.4, -0.2) is 33.0 Å². The lowest BCUT2D eigenvalue weighted by molar-refractivity contribution is 0.0786. The third-order valence-corrected chi connectivity index (χ3v) is 3.89. The zero-order chi connectivity index (χ0) is 13.1. The van der Waals surface area contributed by atoms with E-state index in [0.29, 0.717) is 12.4 Å². The van der Waals surface area contributed by atoms with E-state index in [-0.39, 0.29) is 5.91 Å². The van der Waals surface area contributed by atoms with Crippen molar-refractivity contribution in [2.75, 3.05) is 7.05 Å². The number of carbonyl (C=O) groups is 1. The van der Waals surface area contributed by atoms with Crippen molar-refractivity contribution in [3.05, 3.63) is 33.5 Å². The minimum Gasteiger partial charge on any atom is -0.333 e. The second-order valence-electron chi connectivity index (χ2n) is 4.14. The molecule has 18 heavy (non-hydrogen) atoms. The zero-order valence-corrected chi connectivity index (χ0v) is 11.5. The maximum Gasteiger partial charge on any atom is 0.264 e. The molecule has 1 N–H and O–H groups in total. The summed E-state index contributed by atoms with van der Waals surface area (Å²) >= 11 is 1.55. The van der Waals surface area contributed by atoms with Crippen LogP contribution in [0.4, 0.5) is 0 Å². The maximum atomic E-state index is 12.2. The van der Waals surface area contributed by atoms with Crippen LogP contribution in [0.5, 0.6) is 0 Å². The Bertz CT molecular complexity index is 532. The van der Waals surface area contributed by atoms with E-state index in [2.05, 4.69) is 29.0 Å². The summed E-state index contributed by atoms with van der Waals surface area (Å²) < 4.78 is 0. The van der Waals surface area contributed by atoms with E-state index < -0.39 is 0 Å². The number of nitrogens with one attached hydrogen (secondary N) is 1. The van der Waals surface area contributed by atoms with E-state index in [0.717, 1.165) is 11.3 Å². The van der Waals surface area contributed by atoms with Crippen LogP contribution in [0.3, 0.4) is 0 Å². The molecule has 5 nitrogen and oxygen atoms in total. The van der Waals surface area contributed by atoms with Crippen LogP contribution >= 0.6 is 11.3 Å². The molecule has 2 rings (SSSR count). The van der Waals surface area contributed by atoms with Gasteiger partial charge in [-0.25, -0.2) is 4.98 Å². The van der Waals surface area contributed by atoms with Gasteiger partial charge in [0, 0.05) is 11.9 Å². The Hall–Kier alpha value is -1.69. The van der Waals surface area contributed by atoms with Crippen LogP contribution in [0.1, 0.15) is 32.9 Å². The van der Waals surface area contributed by atoms with Crippen molar-refractivity contribution >= 4 is 17.2 Å². The topological polar surface area (TPSA) is 61.9 Å². The van der Waals surface area contributed by atoms with Crippen LogP contribution in [0.2, 0.25) is 0 Å². The summed E-state index contributed by atoms with van der Waals surface area (Å²) in [5.74, 6) is 0.717. The maximum absolute atomic E-state index is 12.2. The Kier molecular flexibility index (Phi) is 3.76. The summed E-state index contributed by atoms with van der Waals surface area (Å²) in [6.45, 7) is 4.59. The number of carbonyl (C=O) groups excluding carboxylic acids is 1. The monoisotopic (exact) mass is 264 g/mol. The molecule has 0 aliphatic rings. The van der Waals surface area contributed by atoms with Gasteiger partial charge in [0.05, 0.1) is 11.4 Å². The Morgan fingerprint density at radius 3 is 2.89 bits per heavy atom. The summed E-state index contributed by atoms with van der Waals surface area (Å²) in [5.41, 5.74) is 1.25. The normalized spacial score (nSPS) is 10.6. The van der Waals surface area contributed by atoms with Gasteiger partial charge in [-0.05, 0) is 25.0 Å². The second kappa shape index (κ2) is 5.30. The number of amides is 1. The SMILES string of the molecule is CCc1cc(C(=O)N(C)Cc2ncn[nH]2)sc1C. The summed E-state index contributed by atoms with van der Waals surface area (Å²) in [6.07, 6.45) is 2.40. The average Bonchev–Trinajstić information content (AvgIpc) is 2.97. The highest BCUT2D eigenvalue weighted by Crippen LogP contribution is 2.23. The third-order valence-electron chi connectivity index (χ3n) is 2.81. The highest BCUT2D eigenvalue weighted by molar-refractivity contribution is 7.14. The number of hydrogen-bond acceptors (Lipinski definition) is 4. The van der Waals surface area contributed by atoms with Gasteiger partial charge in [-0.2, -0.15) is 5.10 Å². The van der Waals surface area contributed by atoms with Gasteiger partial charge in [0.25, 0.3) is 5.91 Å². The largest absolute Gasteiger partial charge is 0.333 e. The predicted molar refractivity (Wildman–Crippen MR) is 70.6 cm³/mol. The summed E-state index contributed by atoms with van der Waals surface area (Å²) in [7, 11) is 1.77. The standard InChI is InChI=1S/C12H16N4OS/c1-4-9-5-10(18-8(9)2)12(17)16(3)6-11-13-7-14-15-11/h5,7H,4,6H2,1-3H3,(H,13,14,15). The zero-order valence-electron chi connectivity index (χ0n) is 10.7. The van der Waals surface area contributed by atoms with Crippen molar-refractivity contribution in [3.8, 4) is 0 Å². The number of aromatic nitrogens is 3. The highest BCUT2D eigenvalue weighted by Gasteiger charge is 2.16. The highest BCUT2D eigenvalue weighted by atomic mass is 32.1. The van der Waals surface area contributed by atoms with Gasteiger partial charge in [0.15, 0.2) is 0 Å². The van der Waals surface area contributed by atoms with Crippen molar-refractivity contribution in [2.24, 2.45) is 0 Å². The average molecular weight is 264 g/mol. The van der Waals surface area contributed by atoms with Crippen molar-refractivity contribution < 1.29 is 4.79 Å². The van der Waals surface area contributed by atoms with Gasteiger partial charge in [0.2, 0.25) is 0 Å². The molecule has 0 aliphatic carbocycles. The number of thiophene rings is 1. The fourth-order valence-corrected chi connectivity index (χ4v) is 2.88. The molecule has 2 aromatic heterocycles. The first-order valence-corrected chi connectivity index (χ1v) is 6.62. The number of aryl methyl sites for hydroxylation is 2. The molecule has 0 spiro atoms. The van der Waals surface area contributed by atoms with Crippen LogP contribution < -0.4 is 0 Å². The molecule has 0 bridgehead atoms. The molecule has 0 fully saturated rings. The third kappa shape index (κ3) is 2.59. The predicted octanol–water partition coefficient (Wildman–Crippen LogP) is 2.01. The van der Waals surface area contributed by atoms with Crippen LogP contribution in [0.15, 0.2) is 12.4 Å². The minimum absolute atomic E-state index is 0.0270. The second-order valence-corrected chi connectivity index (χ2v) is 5.40. The van der Waals surface area contributed by atoms with Crippen molar-refractivity contribution in [3.63, 3.8) is 0 Å². The molecule has 1 amide bonds. The first kappa shape index (κ1) is 12.8. The quantitative estimate of drug-likeness (QED) is 0.918. The molecule has 96 valence electrons. The summed E-state index contributed by atoms with van der Waals surface area (Å²) in [6, 6.07) is 1.99. The van der Waals surface area contributed by atoms with Gasteiger partial charge in [-0.3, -0.25) is 9.89 Å². The van der Waals surface area contributed by atoms with E-state index in [1.165, 1.54) is 16.8 Å². The van der Waals surface area contributed by atoms with Crippen LogP contribution in [0.25, 0.3) is 0 Å². The number of hydrogen-bond donors (Lipinski definition) is 1. The molecule has 2 aromatic rings. The fraction of sp³-hybridized carbons (Fsp3) is 0.417. The molecule has 0 aliphatic heterocycles. The summed E-state index contributed by atoms with van der Waals surface area (Å²) in [4.78, 5) is 19.9. The van der Waals surface area contributed by atoms with Gasteiger partial charge >= 0.3 is 0 Å². The number of aromatic amines is 1. The molecule has 0 saturated carbocycles. The van der Waals surface area contributed by atoms with E-state index in [9.17, 15) is 4.79 Å². The van der Waals surface area contributed by atoms with Crippen molar-refractivity contribution in [2.45, 2.75) is 26.8 Å². The van der Waals surface area contributed by atoms with Gasteiger partial charge in [-0.15, -0.1) is 11.3 Å². The number of H-pyrrole nitrogens is 1.